The van der Waals surface area contributed by atoms with Gasteiger partial charge in [-0.2, -0.15) is 0 Å². The van der Waals surface area contributed by atoms with Gasteiger partial charge in [-0.3, -0.25) is 4.79 Å². The summed E-state index contributed by atoms with van der Waals surface area (Å²) in [5.74, 6) is 1.11. The van der Waals surface area contributed by atoms with E-state index in [1.165, 1.54) is 0 Å². The van der Waals surface area contributed by atoms with E-state index in [0.717, 1.165) is 0 Å². The minimum atomic E-state index is -0.0931. The molecule has 1 amide bonds. The number of hydrogen-bond acceptors (Lipinski definition) is 5. The summed E-state index contributed by atoms with van der Waals surface area (Å²) in [4.78, 5) is 14.4. The van der Waals surface area contributed by atoms with Gasteiger partial charge in [0.2, 0.25) is 0 Å². The Hall–Kier alpha value is -1.79. The van der Waals surface area contributed by atoms with Crippen LogP contribution in [-0.2, 0) is 4.74 Å². The predicted molar refractivity (Wildman–Crippen MR) is 72.1 cm³/mol. The Bertz CT molecular complexity index is 506. The highest BCUT2D eigenvalue weighted by atomic mass is 16.6. The van der Waals surface area contributed by atoms with Crippen LogP contribution in [0.1, 0.15) is 10.4 Å². The van der Waals surface area contributed by atoms with Gasteiger partial charge in [0.05, 0.1) is 18.3 Å². The van der Waals surface area contributed by atoms with Crippen LogP contribution < -0.4 is 15.2 Å². The Kier molecular flexibility index (Phi) is 3.75. The SMILES string of the molecule is NC[C@H]1CN(C(=O)c2cccc3c2OCCO3)CCO1. The van der Waals surface area contributed by atoms with Crippen LogP contribution in [0.15, 0.2) is 18.2 Å². The van der Waals surface area contributed by atoms with Crippen LogP contribution >= 0.6 is 0 Å². The summed E-state index contributed by atoms with van der Waals surface area (Å²) in [5, 5.41) is 0. The quantitative estimate of drug-likeness (QED) is 0.840. The fraction of sp³-hybridized carbons (Fsp3) is 0.500. The lowest BCUT2D eigenvalue weighted by atomic mass is 10.1. The average molecular weight is 278 g/mol. The van der Waals surface area contributed by atoms with Crippen molar-refractivity contribution >= 4 is 5.91 Å². The lowest BCUT2D eigenvalue weighted by molar-refractivity contribution is -0.0169. The van der Waals surface area contributed by atoms with Crippen LogP contribution in [0.2, 0.25) is 0 Å². The highest BCUT2D eigenvalue weighted by Gasteiger charge is 2.28. The van der Waals surface area contributed by atoms with Gasteiger partial charge in [-0.15, -0.1) is 0 Å². The zero-order valence-corrected chi connectivity index (χ0v) is 11.2. The number of benzene rings is 1. The zero-order valence-electron chi connectivity index (χ0n) is 11.2. The van der Waals surface area contributed by atoms with Crippen LogP contribution in [0.4, 0.5) is 0 Å². The molecule has 0 aliphatic carbocycles. The Balaban J connectivity index is 1.83. The van der Waals surface area contributed by atoms with E-state index in [0.29, 0.717) is 56.5 Å². The molecule has 1 fully saturated rings. The van der Waals surface area contributed by atoms with E-state index in [-0.39, 0.29) is 12.0 Å². The van der Waals surface area contributed by atoms with Gasteiger partial charge < -0.3 is 24.8 Å². The minimum Gasteiger partial charge on any atom is -0.486 e. The summed E-state index contributed by atoms with van der Waals surface area (Å²) in [7, 11) is 0. The zero-order chi connectivity index (χ0) is 13.9. The van der Waals surface area contributed by atoms with Crippen LogP contribution in [0.5, 0.6) is 11.5 Å². The summed E-state index contributed by atoms with van der Waals surface area (Å²) < 4.78 is 16.6. The van der Waals surface area contributed by atoms with Crippen molar-refractivity contribution in [3.05, 3.63) is 23.8 Å². The third-order valence-corrected chi connectivity index (χ3v) is 3.49. The molecule has 3 rings (SSSR count). The number of morpholine rings is 1. The van der Waals surface area contributed by atoms with Crippen LogP contribution in [0.3, 0.4) is 0 Å². The smallest absolute Gasteiger partial charge is 0.257 e. The van der Waals surface area contributed by atoms with Crippen molar-refractivity contribution in [3.8, 4) is 11.5 Å². The maximum atomic E-state index is 12.6. The van der Waals surface area contributed by atoms with Crippen molar-refractivity contribution in [2.75, 3.05) is 39.5 Å². The minimum absolute atomic E-state index is 0.0610. The Morgan fingerprint density at radius 1 is 1.30 bits per heavy atom. The second-order valence-electron chi connectivity index (χ2n) is 4.81. The molecule has 2 heterocycles. The van der Waals surface area contributed by atoms with Crippen molar-refractivity contribution in [3.63, 3.8) is 0 Å². The lowest BCUT2D eigenvalue weighted by Crippen LogP contribution is -2.48. The standard InChI is InChI=1S/C14H18N2O4/c15-8-10-9-16(4-5-18-10)14(17)11-2-1-3-12-13(11)20-7-6-19-12/h1-3,10H,4-9,15H2/t10-/m0/s1. The first-order chi connectivity index (χ1) is 9.79. The van der Waals surface area contributed by atoms with Crippen LogP contribution in [0, 0.1) is 0 Å². The Morgan fingerprint density at radius 3 is 3.00 bits per heavy atom. The molecule has 108 valence electrons. The van der Waals surface area contributed by atoms with Crippen molar-refractivity contribution in [2.24, 2.45) is 5.73 Å². The molecule has 0 bridgehead atoms. The molecule has 20 heavy (non-hydrogen) atoms. The van der Waals surface area contributed by atoms with Gasteiger partial charge >= 0.3 is 0 Å². The van der Waals surface area contributed by atoms with Gasteiger partial charge in [-0.25, -0.2) is 0 Å². The van der Waals surface area contributed by atoms with Crippen LogP contribution in [-0.4, -0.2) is 56.4 Å². The summed E-state index contributed by atoms with van der Waals surface area (Å²) in [5.41, 5.74) is 6.15. The number of carbonyl (C=O) groups excluding carboxylic acids is 1. The molecule has 2 aliphatic rings. The molecule has 0 radical (unpaired) electrons. The molecule has 1 saturated heterocycles. The number of rotatable bonds is 2. The summed E-state index contributed by atoms with van der Waals surface area (Å²) in [6, 6.07) is 5.39. The molecule has 0 spiro atoms. The van der Waals surface area contributed by atoms with Crippen molar-refractivity contribution in [1.82, 2.24) is 4.90 Å². The molecule has 1 aromatic carbocycles. The van der Waals surface area contributed by atoms with E-state index in [2.05, 4.69) is 0 Å². The first-order valence-corrected chi connectivity index (χ1v) is 6.79. The van der Waals surface area contributed by atoms with E-state index >= 15 is 0 Å². The van der Waals surface area contributed by atoms with Gasteiger partial charge in [0, 0.05) is 19.6 Å². The monoisotopic (exact) mass is 278 g/mol. The van der Waals surface area contributed by atoms with E-state index < -0.39 is 0 Å². The number of para-hydroxylation sites is 1. The second-order valence-corrected chi connectivity index (χ2v) is 4.81. The highest BCUT2D eigenvalue weighted by Crippen LogP contribution is 2.34. The third-order valence-electron chi connectivity index (χ3n) is 3.49. The molecule has 0 unspecified atom stereocenters. The number of nitrogens with zero attached hydrogens (tertiary/aromatic N) is 1. The second kappa shape index (κ2) is 5.68. The summed E-state index contributed by atoms with van der Waals surface area (Å²) in [6.07, 6.45) is -0.0931. The Labute approximate surface area is 117 Å². The molecule has 1 aromatic rings. The van der Waals surface area contributed by atoms with Crippen molar-refractivity contribution in [1.29, 1.82) is 0 Å². The van der Waals surface area contributed by atoms with Gasteiger partial charge in [0.1, 0.15) is 13.2 Å². The summed E-state index contributed by atoms with van der Waals surface area (Å²) in [6.45, 7) is 2.99. The van der Waals surface area contributed by atoms with Crippen molar-refractivity contribution in [2.45, 2.75) is 6.10 Å². The molecule has 6 heteroatoms. The fourth-order valence-corrected chi connectivity index (χ4v) is 2.46. The number of fused-ring (bicyclic) bond motifs is 1. The topological polar surface area (TPSA) is 74.0 Å². The first-order valence-electron chi connectivity index (χ1n) is 6.79. The van der Waals surface area contributed by atoms with Gasteiger partial charge in [-0.05, 0) is 12.1 Å². The number of nitrogens with two attached hydrogens (primary N) is 1. The van der Waals surface area contributed by atoms with Crippen molar-refractivity contribution < 1.29 is 19.0 Å². The third kappa shape index (κ3) is 2.44. The van der Waals surface area contributed by atoms with E-state index in [1.807, 2.05) is 12.1 Å². The van der Waals surface area contributed by atoms with E-state index in [1.54, 1.807) is 11.0 Å². The molecular weight excluding hydrogens is 260 g/mol. The summed E-state index contributed by atoms with van der Waals surface area (Å²) >= 11 is 0. The first kappa shape index (κ1) is 13.2. The highest BCUT2D eigenvalue weighted by molar-refractivity contribution is 5.98. The van der Waals surface area contributed by atoms with Gasteiger partial charge in [-0.1, -0.05) is 6.07 Å². The number of hydrogen-bond donors (Lipinski definition) is 1. The Morgan fingerprint density at radius 2 is 2.15 bits per heavy atom. The molecule has 1 atom stereocenters. The van der Waals surface area contributed by atoms with Gasteiger partial charge in [0.25, 0.3) is 5.91 Å². The fourth-order valence-electron chi connectivity index (χ4n) is 2.46. The maximum absolute atomic E-state index is 12.6. The van der Waals surface area contributed by atoms with E-state index in [9.17, 15) is 4.79 Å². The van der Waals surface area contributed by atoms with E-state index in [4.69, 9.17) is 19.9 Å². The molecular formula is C14H18N2O4. The molecule has 2 N–H and O–H groups in total. The normalized spacial score (nSPS) is 21.6. The predicted octanol–water partition coefficient (Wildman–Crippen LogP) is 0.257. The molecule has 0 aromatic heterocycles. The van der Waals surface area contributed by atoms with Gasteiger partial charge in [0.15, 0.2) is 11.5 Å². The largest absolute Gasteiger partial charge is 0.486 e. The number of carbonyl (C=O) groups is 1. The number of amides is 1. The average Bonchev–Trinajstić information content (AvgIpc) is 2.53. The van der Waals surface area contributed by atoms with Crippen LogP contribution in [0.25, 0.3) is 0 Å². The molecule has 6 nitrogen and oxygen atoms in total. The molecule has 0 saturated carbocycles. The maximum Gasteiger partial charge on any atom is 0.257 e. The lowest BCUT2D eigenvalue weighted by Gasteiger charge is -2.33. The molecule has 2 aliphatic heterocycles. The number of ether oxygens (including phenoxy) is 3.